The predicted octanol–water partition coefficient (Wildman–Crippen LogP) is 1.72. The Morgan fingerprint density at radius 2 is 2.00 bits per heavy atom. The molecule has 0 aromatic rings. The molecule has 2 heteroatoms. The Labute approximate surface area is 68.6 Å². The van der Waals surface area contributed by atoms with Crippen molar-refractivity contribution in [3.05, 3.63) is 0 Å². The van der Waals surface area contributed by atoms with Crippen LogP contribution in [0.15, 0.2) is 0 Å². The average molecular weight is 158 g/mol. The lowest BCUT2D eigenvalue weighted by atomic mass is 9.82. The maximum Gasteiger partial charge on any atom is 0.0934 e. The van der Waals surface area contributed by atoms with Gasteiger partial charge in [0.25, 0.3) is 0 Å². The molecule has 1 rings (SSSR count). The van der Waals surface area contributed by atoms with Crippen LogP contribution in [0, 0.1) is 0 Å². The van der Waals surface area contributed by atoms with Crippen molar-refractivity contribution in [2.45, 2.75) is 51.2 Å². The number of hydrogen-bond acceptors (Lipinski definition) is 2. The number of rotatable bonds is 1. The smallest absolute Gasteiger partial charge is 0.0934 e. The van der Waals surface area contributed by atoms with E-state index >= 15 is 0 Å². The highest BCUT2D eigenvalue weighted by Gasteiger charge is 2.41. The zero-order chi connectivity index (χ0) is 8.54. The molecule has 0 aliphatic carbocycles. The van der Waals surface area contributed by atoms with E-state index in [0.717, 1.165) is 19.4 Å². The lowest BCUT2D eigenvalue weighted by molar-refractivity contribution is -0.177. The lowest BCUT2D eigenvalue weighted by Crippen LogP contribution is -2.51. The van der Waals surface area contributed by atoms with Crippen LogP contribution in [0.1, 0.15) is 40.0 Å². The van der Waals surface area contributed by atoms with Crippen LogP contribution >= 0.6 is 0 Å². The number of aliphatic hydroxyl groups is 1. The van der Waals surface area contributed by atoms with Crippen molar-refractivity contribution in [3.8, 4) is 0 Å². The highest BCUT2D eigenvalue weighted by molar-refractivity contribution is 4.93. The molecule has 0 saturated carbocycles. The Kier molecular flexibility index (Phi) is 2.26. The summed E-state index contributed by atoms with van der Waals surface area (Å²) in [6.07, 6.45) is 3.27. The third-order valence-corrected chi connectivity index (χ3v) is 2.76. The largest absolute Gasteiger partial charge is 0.387 e. The van der Waals surface area contributed by atoms with Crippen LogP contribution in [-0.2, 0) is 4.74 Å². The second kappa shape index (κ2) is 2.76. The minimum atomic E-state index is -0.715. The van der Waals surface area contributed by atoms with Gasteiger partial charge in [0.2, 0.25) is 0 Å². The van der Waals surface area contributed by atoms with E-state index in [2.05, 4.69) is 0 Å². The molecule has 0 aromatic heterocycles. The van der Waals surface area contributed by atoms with Crippen molar-refractivity contribution in [1.29, 1.82) is 0 Å². The fourth-order valence-electron chi connectivity index (χ4n) is 1.42. The molecule has 1 aliphatic heterocycles. The molecule has 66 valence electrons. The predicted molar refractivity (Wildman–Crippen MR) is 44.5 cm³/mol. The molecule has 1 saturated heterocycles. The van der Waals surface area contributed by atoms with Crippen LogP contribution in [0.3, 0.4) is 0 Å². The zero-order valence-electron chi connectivity index (χ0n) is 7.68. The Bertz CT molecular complexity index is 129. The van der Waals surface area contributed by atoms with Gasteiger partial charge in [-0.1, -0.05) is 0 Å². The van der Waals surface area contributed by atoms with E-state index < -0.39 is 5.60 Å². The van der Waals surface area contributed by atoms with Gasteiger partial charge in [-0.15, -0.1) is 0 Å². The Balaban J connectivity index is 2.64. The molecule has 0 aromatic carbocycles. The first-order valence-electron chi connectivity index (χ1n) is 4.32. The molecule has 0 spiro atoms. The van der Waals surface area contributed by atoms with Crippen molar-refractivity contribution < 1.29 is 9.84 Å². The standard InChI is InChI=1S/C9H18O2/c1-8(2,10)9(3)6-4-5-7-11-9/h10H,4-7H2,1-3H3. The highest BCUT2D eigenvalue weighted by Crippen LogP contribution is 2.33. The monoisotopic (exact) mass is 158 g/mol. The summed E-state index contributed by atoms with van der Waals surface area (Å²) in [4.78, 5) is 0. The van der Waals surface area contributed by atoms with E-state index in [1.807, 2.05) is 20.8 Å². The topological polar surface area (TPSA) is 29.5 Å². The van der Waals surface area contributed by atoms with Crippen LogP contribution in [0.4, 0.5) is 0 Å². The van der Waals surface area contributed by atoms with E-state index in [9.17, 15) is 5.11 Å². The maximum atomic E-state index is 9.78. The van der Waals surface area contributed by atoms with Crippen LogP contribution < -0.4 is 0 Å². The summed E-state index contributed by atoms with van der Waals surface area (Å²) in [6, 6.07) is 0. The summed E-state index contributed by atoms with van der Waals surface area (Å²) >= 11 is 0. The number of hydrogen-bond donors (Lipinski definition) is 1. The van der Waals surface area contributed by atoms with Gasteiger partial charge in [-0.25, -0.2) is 0 Å². The second-order valence-corrected chi connectivity index (χ2v) is 4.10. The summed E-state index contributed by atoms with van der Waals surface area (Å²) < 4.78 is 5.58. The Hall–Kier alpha value is -0.0800. The number of ether oxygens (including phenoxy) is 1. The van der Waals surface area contributed by atoms with Gasteiger partial charge in [-0.2, -0.15) is 0 Å². The quantitative estimate of drug-likeness (QED) is 0.629. The van der Waals surface area contributed by atoms with Crippen molar-refractivity contribution in [3.63, 3.8) is 0 Å². The van der Waals surface area contributed by atoms with Gasteiger partial charge in [0.15, 0.2) is 0 Å². The first-order chi connectivity index (χ1) is 4.96. The summed E-state index contributed by atoms with van der Waals surface area (Å²) in [5.74, 6) is 0. The summed E-state index contributed by atoms with van der Waals surface area (Å²) in [5.41, 5.74) is -1.04. The normalized spacial score (nSPS) is 33.8. The average Bonchev–Trinajstić information content (AvgIpc) is 1.87. The summed E-state index contributed by atoms with van der Waals surface area (Å²) in [6.45, 7) is 6.42. The van der Waals surface area contributed by atoms with Gasteiger partial charge in [0.05, 0.1) is 11.2 Å². The molecule has 1 N–H and O–H groups in total. The maximum absolute atomic E-state index is 9.78. The SMILES string of the molecule is CC(C)(O)C1(C)CCCCO1. The van der Waals surface area contributed by atoms with Crippen molar-refractivity contribution in [2.24, 2.45) is 0 Å². The fraction of sp³-hybridized carbons (Fsp3) is 1.00. The summed E-state index contributed by atoms with van der Waals surface area (Å²) in [7, 11) is 0. The van der Waals surface area contributed by atoms with Gasteiger partial charge in [0, 0.05) is 6.61 Å². The van der Waals surface area contributed by atoms with E-state index in [-0.39, 0.29) is 5.60 Å². The highest BCUT2D eigenvalue weighted by atomic mass is 16.5. The molecule has 1 fully saturated rings. The molecule has 1 aliphatic rings. The van der Waals surface area contributed by atoms with E-state index in [4.69, 9.17) is 4.74 Å². The molecule has 0 radical (unpaired) electrons. The molecule has 11 heavy (non-hydrogen) atoms. The van der Waals surface area contributed by atoms with Gasteiger partial charge in [0.1, 0.15) is 0 Å². The fourth-order valence-corrected chi connectivity index (χ4v) is 1.42. The van der Waals surface area contributed by atoms with Gasteiger partial charge >= 0.3 is 0 Å². The molecule has 1 unspecified atom stereocenters. The molecule has 1 heterocycles. The minimum Gasteiger partial charge on any atom is -0.387 e. The van der Waals surface area contributed by atoms with Crippen LogP contribution in [-0.4, -0.2) is 22.9 Å². The molecule has 0 amide bonds. The summed E-state index contributed by atoms with van der Waals surface area (Å²) in [5, 5.41) is 9.78. The van der Waals surface area contributed by atoms with Gasteiger partial charge < -0.3 is 9.84 Å². The molecule has 0 bridgehead atoms. The van der Waals surface area contributed by atoms with Crippen LogP contribution in [0.25, 0.3) is 0 Å². The Morgan fingerprint density at radius 3 is 2.27 bits per heavy atom. The van der Waals surface area contributed by atoms with Gasteiger partial charge in [-0.3, -0.25) is 0 Å². The van der Waals surface area contributed by atoms with Crippen LogP contribution in [0.2, 0.25) is 0 Å². The molecule has 2 nitrogen and oxygen atoms in total. The minimum absolute atomic E-state index is 0.328. The molecular weight excluding hydrogens is 140 g/mol. The van der Waals surface area contributed by atoms with Crippen molar-refractivity contribution in [1.82, 2.24) is 0 Å². The van der Waals surface area contributed by atoms with E-state index in [1.54, 1.807) is 0 Å². The Morgan fingerprint density at radius 1 is 1.36 bits per heavy atom. The zero-order valence-corrected chi connectivity index (χ0v) is 7.68. The van der Waals surface area contributed by atoms with E-state index in [1.165, 1.54) is 6.42 Å². The lowest BCUT2D eigenvalue weighted by Gasteiger charge is -2.43. The third kappa shape index (κ3) is 1.74. The molecular formula is C9H18O2. The van der Waals surface area contributed by atoms with Crippen LogP contribution in [0.5, 0.6) is 0 Å². The second-order valence-electron chi connectivity index (χ2n) is 4.10. The first-order valence-corrected chi connectivity index (χ1v) is 4.32. The van der Waals surface area contributed by atoms with E-state index in [0.29, 0.717) is 0 Å². The molecule has 1 atom stereocenters. The first kappa shape index (κ1) is 9.01. The van der Waals surface area contributed by atoms with Gasteiger partial charge in [-0.05, 0) is 40.0 Å². The van der Waals surface area contributed by atoms with Crippen molar-refractivity contribution in [2.75, 3.05) is 6.61 Å². The third-order valence-electron chi connectivity index (χ3n) is 2.76. The van der Waals surface area contributed by atoms with Crippen molar-refractivity contribution >= 4 is 0 Å².